The van der Waals surface area contributed by atoms with Gasteiger partial charge >= 0.3 is 12.0 Å². The standard InChI is InChI=1S/C16H22N2O3/c1-10(2)12-5-3-4-6-13(12)17-16(21)18-14(9-15(19)20)11-7-8-11/h3-6,10-11,14H,7-9H2,1-2H3,(H,19,20)(H2,17,18,21). The number of hydrogen-bond acceptors (Lipinski definition) is 2. The Morgan fingerprint density at radius 1 is 1.29 bits per heavy atom. The third kappa shape index (κ3) is 4.48. The highest BCUT2D eigenvalue weighted by Crippen LogP contribution is 2.34. The molecule has 114 valence electrons. The highest BCUT2D eigenvalue weighted by Gasteiger charge is 2.33. The molecule has 0 spiro atoms. The number of carboxylic acid groups (broad SMARTS) is 1. The molecule has 1 aromatic carbocycles. The smallest absolute Gasteiger partial charge is 0.319 e. The zero-order chi connectivity index (χ0) is 15.4. The van der Waals surface area contributed by atoms with E-state index in [1.54, 1.807) is 0 Å². The quantitative estimate of drug-likeness (QED) is 0.753. The summed E-state index contributed by atoms with van der Waals surface area (Å²) in [7, 11) is 0. The van der Waals surface area contributed by atoms with Gasteiger partial charge in [0.25, 0.3) is 0 Å². The van der Waals surface area contributed by atoms with E-state index >= 15 is 0 Å². The van der Waals surface area contributed by atoms with Crippen LogP contribution < -0.4 is 10.6 Å². The van der Waals surface area contributed by atoms with Gasteiger partial charge in [-0.1, -0.05) is 32.0 Å². The predicted molar refractivity (Wildman–Crippen MR) is 81.5 cm³/mol. The van der Waals surface area contributed by atoms with Gasteiger partial charge in [-0.05, 0) is 36.3 Å². The zero-order valence-corrected chi connectivity index (χ0v) is 12.4. The van der Waals surface area contributed by atoms with Crippen molar-refractivity contribution in [2.24, 2.45) is 5.92 Å². The van der Waals surface area contributed by atoms with Crippen molar-refractivity contribution in [2.45, 2.75) is 45.1 Å². The molecule has 0 heterocycles. The van der Waals surface area contributed by atoms with Crippen molar-refractivity contribution in [1.29, 1.82) is 0 Å². The number of urea groups is 1. The summed E-state index contributed by atoms with van der Waals surface area (Å²) in [4.78, 5) is 22.9. The number of carboxylic acids is 1. The summed E-state index contributed by atoms with van der Waals surface area (Å²) in [6.45, 7) is 4.13. The van der Waals surface area contributed by atoms with Gasteiger partial charge in [0.15, 0.2) is 0 Å². The summed E-state index contributed by atoms with van der Waals surface area (Å²) in [5.74, 6) is -0.276. The fourth-order valence-corrected chi connectivity index (χ4v) is 2.46. The monoisotopic (exact) mass is 290 g/mol. The molecular weight excluding hydrogens is 268 g/mol. The summed E-state index contributed by atoms with van der Waals surface area (Å²) < 4.78 is 0. The van der Waals surface area contributed by atoms with Gasteiger partial charge in [-0.15, -0.1) is 0 Å². The van der Waals surface area contributed by atoms with Crippen molar-refractivity contribution in [3.8, 4) is 0 Å². The lowest BCUT2D eigenvalue weighted by atomic mass is 10.0. The highest BCUT2D eigenvalue weighted by atomic mass is 16.4. The number of anilines is 1. The molecule has 1 fully saturated rings. The van der Waals surface area contributed by atoms with E-state index in [0.717, 1.165) is 24.1 Å². The number of nitrogens with one attached hydrogen (secondary N) is 2. The maximum absolute atomic E-state index is 12.1. The first kappa shape index (κ1) is 15.4. The topological polar surface area (TPSA) is 78.4 Å². The van der Waals surface area contributed by atoms with Crippen LogP contribution in [0.2, 0.25) is 0 Å². The molecule has 0 radical (unpaired) electrons. The Hall–Kier alpha value is -2.04. The van der Waals surface area contributed by atoms with Gasteiger partial charge in [0, 0.05) is 11.7 Å². The van der Waals surface area contributed by atoms with Crippen LogP contribution in [0, 0.1) is 5.92 Å². The fourth-order valence-electron chi connectivity index (χ4n) is 2.46. The van der Waals surface area contributed by atoms with E-state index in [2.05, 4.69) is 24.5 Å². The number of para-hydroxylation sites is 1. The Labute approximate surface area is 124 Å². The van der Waals surface area contributed by atoms with E-state index in [4.69, 9.17) is 5.11 Å². The lowest BCUT2D eigenvalue weighted by Crippen LogP contribution is -2.40. The van der Waals surface area contributed by atoms with Crippen LogP contribution in [-0.4, -0.2) is 23.1 Å². The van der Waals surface area contributed by atoms with E-state index in [1.165, 1.54) is 0 Å². The SMILES string of the molecule is CC(C)c1ccccc1NC(=O)NC(CC(=O)O)C1CC1. The number of benzene rings is 1. The number of rotatable bonds is 6. The van der Waals surface area contributed by atoms with Crippen LogP contribution in [0.1, 0.15) is 44.6 Å². The molecule has 0 aliphatic heterocycles. The first-order valence-corrected chi connectivity index (χ1v) is 7.35. The van der Waals surface area contributed by atoms with Crippen molar-refractivity contribution in [1.82, 2.24) is 5.32 Å². The molecule has 1 unspecified atom stereocenters. The molecule has 2 rings (SSSR count). The lowest BCUT2D eigenvalue weighted by Gasteiger charge is -2.18. The summed E-state index contributed by atoms with van der Waals surface area (Å²) in [5.41, 5.74) is 1.84. The second kappa shape index (κ2) is 6.61. The average molecular weight is 290 g/mol. The van der Waals surface area contributed by atoms with Gasteiger partial charge in [-0.2, -0.15) is 0 Å². The van der Waals surface area contributed by atoms with E-state index in [0.29, 0.717) is 11.8 Å². The van der Waals surface area contributed by atoms with E-state index in [9.17, 15) is 9.59 Å². The van der Waals surface area contributed by atoms with Gasteiger partial charge < -0.3 is 15.7 Å². The second-order valence-electron chi connectivity index (χ2n) is 5.88. The van der Waals surface area contributed by atoms with E-state index in [1.807, 2.05) is 24.3 Å². The molecule has 2 amide bonds. The van der Waals surface area contributed by atoms with Gasteiger partial charge in [0.1, 0.15) is 0 Å². The van der Waals surface area contributed by atoms with Crippen molar-refractivity contribution >= 4 is 17.7 Å². The molecule has 3 N–H and O–H groups in total. The summed E-state index contributed by atoms with van der Waals surface area (Å²) in [6, 6.07) is 7.04. The van der Waals surface area contributed by atoms with Gasteiger partial charge in [-0.25, -0.2) is 4.79 Å². The normalized spacial score (nSPS) is 15.6. The summed E-state index contributed by atoms with van der Waals surface area (Å²) >= 11 is 0. The summed E-state index contributed by atoms with van der Waals surface area (Å²) in [5, 5.41) is 14.5. The molecule has 0 aromatic heterocycles. The minimum absolute atomic E-state index is 0.0239. The van der Waals surface area contributed by atoms with Crippen molar-refractivity contribution in [3.63, 3.8) is 0 Å². The molecular formula is C16H22N2O3. The largest absolute Gasteiger partial charge is 0.481 e. The lowest BCUT2D eigenvalue weighted by molar-refractivity contribution is -0.137. The van der Waals surface area contributed by atoms with E-state index < -0.39 is 5.97 Å². The minimum Gasteiger partial charge on any atom is -0.481 e. The molecule has 0 saturated heterocycles. The third-order valence-electron chi connectivity index (χ3n) is 3.73. The van der Waals surface area contributed by atoms with Crippen LogP contribution in [0.3, 0.4) is 0 Å². The van der Waals surface area contributed by atoms with Crippen molar-refractivity contribution in [3.05, 3.63) is 29.8 Å². The Morgan fingerprint density at radius 3 is 2.52 bits per heavy atom. The molecule has 5 nitrogen and oxygen atoms in total. The number of amides is 2. The molecule has 1 aliphatic rings. The van der Waals surface area contributed by atoms with Gasteiger partial charge in [0.05, 0.1) is 6.42 Å². The molecule has 5 heteroatoms. The molecule has 1 aliphatic carbocycles. The van der Waals surface area contributed by atoms with Crippen molar-refractivity contribution < 1.29 is 14.7 Å². The average Bonchev–Trinajstić information content (AvgIpc) is 3.21. The van der Waals surface area contributed by atoms with Crippen LogP contribution in [0.15, 0.2) is 24.3 Å². The summed E-state index contributed by atoms with van der Waals surface area (Å²) in [6.07, 6.45) is 1.95. The van der Waals surface area contributed by atoms with Crippen LogP contribution in [-0.2, 0) is 4.79 Å². The van der Waals surface area contributed by atoms with Crippen molar-refractivity contribution in [2.75, 3.05) is 5.32 Å². The Kier molecular flexibility index (Phi) is 4.83. The first-order valence-electron chi connectivity index (χ1n) is 7.35. The Morgan fingerprint density at radius 2 is 1.95 bits per heavy atom. The zero-order valence-electron chi connectivity index (χ0n) is 12.4. The first-order chi connectivity index (χ1) is 9.97. The number of carbonyl (C=O) groups excluding carboxylic acids is 1. The molecule has 0 bridgehead atoms. The molecule has 1 aromatic rings. The third-order valence-corrected chi connectivity index (χ3v) is 3.73. The second-order valence-corrected chi connectivity index (χ2v) is 5.88. The highest BCUT2D eigenvalue weighted by molar-refractivity contribution is 5.90. The number of hydrogen-bond donors (Lipinski definition) is 3. The van der Waals surface area contributed by atoms with Crippen LogP contribution in [0.5, 0.6) is 0 Å². The van der Waals surface area contributed by atoms with Crippen LogP contribution in [0.25, 0.3) is 0 Å². The van der Waals surface area contributed by atoms with Crippen LogP contribution >= 0.6 is 0 Å². The van der Waals surface area contributed by atoms with E-state index in [-0.39, 0.29) is 18.5 Å². The molecule has 21 heavy (non-hydrogen) atoms. The van der Waals surface area contributed by atoms with Gasteiger partial charge in [-0.3, -0.25) is 4.79 Å². The van der Waals surface area contributed by atoms with Crippen LogP contribution in [0.4, 0.5) is 10.5 Å². The maximum Gasteiger partial charge on any atom is 0.319 e. The molecule has 1 saturated carbocycles. The fraction of sp³-hybridized carbons (Fsp3) is 0.500. The number of carbonyl (C=O) groups is 2. The minimum atomic E-state index is -0.880. The maximum atomic E-state index is 12.1. The van der Waals surface area contributed by atoms with Gasteiger partial charge in [0.2, 0.25) is 0 Å². The number of aliphatic carboxylic acids is 1. The Balaban J connectivity index is 1.99. The predicted octanol–water partition coefficient (Wildman–Crippen LogP) is 3.18. The molecule has 1 atom stereocenters. The Bertz CT molecular complexity index is 524.